The second-order valence-corrected chi connectivity index (χ2v) is 7.17. The summed E-state index contributed by atoms with van der Waals surface area (Å²) >= 11 is 3.01. The van der Waals surface area contributed by atoms with Crippen LogP contribution in [-0.2, 0) is 14.8 Å². The fraction of sp³-hybridized carbons (Fsp3) is 0.364. The van der Waals surface area contributed by atoms with E-state index in [-0.39, 0.29) is 13.0 Å². The number of halogens is 2. The van der Waals surface area contributed by atoms with Gasteiger partial charge < -0.3 is 10.2 Å². The highest BCUT2D eigenvalue weighted by molar-refractivity contribution is 9.10. The summed E-state index contributed by atoms with van der Waals surface area (Å²) in [4.78, 5) is 10.4. The molecule has 2 atom stereocenters. The predicted octanol–water partition coefficient (Wildman–Crippen LogP) is 0.797. The Balaban J connectivity index is 2.46. The quantitative estimate of drug-likeness (QED) is 0.823. The number of carbonyl (C=O) groups is 1. The van der Waals surface area contributed by atoms with Gasteiger partial charge in [-0.2, -0.15) is 4.31 Å². The summed E-state index contributed by atoms with van der Waals surface area (Å²) in [5.74, 6) is -2.35. The second kappa shape index (κ2) is 5.40. The average molecular weight is 368 g/mol. The Morgan fingerprint density at radius 1 is 1.45 bits per heavy atom. The van der Waals surface area contributed by atoms with Crippen molar-refractivity contribution in [3.8, 4) is 0 Å². The van der Waals surface area contributed by atoms with E-state index in [0.717, 1.165) is 12.1 Å². The highest BCUT2D eigenvalue weighted by Crippen LogP contribution is 2.29. The minimum atomic E-state index is -4.32. The molecule has 1 aliphatic rings. The van der Waals surface area contributed by atoms with Gasteiger partial charge in [0.05, 0.1) is 6.10 Å². The van der Waals surface area contributed by atoms with Crippen LogP contribution in [0.2, 0.25) is 0 Å². The maximum atomic E-state index is 13.8. The van der Waals surface area contributed by atoms with E-state index in [4.69, 9.17) is 5.11 Å². The van der Waals surface area contributed by atoms with Crippen molar-refractivity contribution in [3.63, 3.8) is 0 Å². The Hall–Kier alpha value is -1.03. The molecule has 1 fully saturated rings. The van der Waals surface area contributed by atoms with Crippen LogP contribution in [0.1, 0.15) is 6.42 Å². The number of sulfonamides is 1. The van der Waals surface area contributed by atoms with E-state index < -0.39 is 38.9 Å². The third-order valence-electron chi connectivity index (χ3n) is 3.00. The van der Waals surface area contributed by atoms with Crippen molar-refractivity contribution >= 4 is 31.9 Å². The average Bonchev–Trinajstić information content (AvgIpc) is 2.71. The van der Waals surface area contributed by atoms with E-state index in [1.165, 1.54) is 6.07 Å². The predicted molar refractivity (Wildman–Crippen MR) is 70.0 cm³/mol. The molecule has 0 unspecified atom stereocenters. The molecule has 1 heterocycles. The van der Waals surface area contributed by atoms with Gasteiger partial charge in [0, 0.05) is 17.4 Å². The van der Waals surface area contributed by atoms with Gasteiger partial charge in [-0.1, -0.05) is 15.9 Å². The highest BCUT2D eigenvalue weighted by Gasteiger charge is 2.44. The van der Waals surface area contributed by atoms with Crippen molar-refractivity contribution in [1.82, 2.24) is 4.31 Å². The molecule has 0 bridgehead atoms. The van der Waals surface area contributed by atoms with Gasteiger partial charge in [-0.25, -0.2) is 12.8 Å². The van der Waals surface area contributed by atoms with E-state index >= 15 is 0 Å². The van der Waals surface area contributed by atoms with Gasteiger partial charge in [0.25, 0.3) is 0 Å². The first kappa shape index (κ1) is 15.4. The molecular weight excluding hydrogens is 357 g/mol. The second-order valence-electron chi connectivity index (χ2n) is 4.39. The van der Waals surface area contributed by atoms with Crippen LogP contribution < -0.4 is 0 Å². The fourth-order valence-electron chi connectivity index (χ4n) is 2.09. The Kier molecular flexibility index (Phi) is 4.14. The number of benzene rings is 1. The molecule has 1 saturated heterocycles. The summed E-state index contributed by atoms with van der Waals surface area (Å²) in [5, 5.41) is 18.5. The van der Waals surface area contributed by atoms with E-state index in [2.05, 4.69) is 15.9 Å². The molecule has 0 radical (unpaired) electrons. The van der Waals surface area contributed by atoms with Crippen LogP contribution in [0.15, 0.2) is 27.6 Å². The van der Waals surface area contributed by atoms with Crippen molar-refractivity contribution in [2.45, 2.75) is 23.5 Å². The van der Waals surface area contributed by atoms with Crippen molar-refractivity contribution in [1.29, 1.82) is 0 Å². The Morgan fingerprint density at radius 3 is 2.65 bits per heavy atom. The van der Waals surface area contributed by atoms with Crippen LogP contribution in [0.3, 0.4) is 0 Å². The Labute approximate surface area is 123 Å². The molecule has 6 nitrogen and oxygen atoms in total. The number of rotatable bonds is 3. The zero-order valence-electron chi connectivity index (χ0n) is 10.0. The summed E-state index contributed by atoms with van der Waals surface area (Å²) in [6, 6.07) is 1.99. The number of aliphatic hydroxyl groups excluding tert-OH is 1. The van der Waals surface area contributed by atoms with E-state index in [9.17, 15) is 22.7 Å². The van der Waals surface area contributed by atoms with Gasteiger partial charge in [0.2, 0.25) is 10.0 Å². The van der Waals surface area contributed by atoms with Crippen LogP contribution >= 0.6 is 15.9 Å². The maximum absolute atomic E-state index is 13.8. The summed E-state index contributed by atoms with van der Waals surface area (Å²) in [6.07, 6.45) is -1.29. The lowest BCUT2D eigenvalue weighted by Crippen LogP contribution is -2.40. The number of carboxylic acids is 1. The number of β-amino-alcohol motifs (C(OH)–C–C–N with tert-alkyl or cyclic N) is 1. The first-order valence-electron chi connectivity index (χ1n) is 5.61. The molecular formula is C11H11BrFNO5S. The minimum Gasteiger partial charge on any atom is -0.480 e. The number of aliphatic hydroxyl groups is 1. The SMILES string of the molecule is O=C(O)[C@H]1C[C@@H](O)CN1S(=O)(=O)c1ccc(Br)cc1F. The van der Waals surface area contributed by atoms with Crippen molar-refractivity contribution in [2.24, 2.45) is 0 Å². The highest BCUT2D eigenvalue weighted by atomic mass is 79.9. The lowest BCUT2D eigenvalue weighted by atomic mass is 10.2. The van der Waals surface area contributed by atoms with Gasteiger partial charge in [-0.15, -0.1) is 0 Å². The first-order chi connectivity index (χ1) is 9.23. The molecule has 0 saturated carbocycles. The minimum absolute atomic E-state index is 0.216. The van der Waals surface area contributed by atoms with Crippen LogP contribution in [0.25, 0.3) is 0 Å². The molecule has 9 heteroatoms. The number of aliphatic carboxylic acids is 1. The van der Waals surface area contributed by atoms with Crippen LogP contribution in [0, 0.1) is 5.82 Å². The molecule has 1 aliphatic heterocycles. The largest absolute Gasteiger partial charge is 0.480 e. The topological polar surface area (TPSA) is 94.9 Å². The monoisotopic (exact) mass is 367 g/mol. The Morgan fingerprint density at radius 2 is 2.10 bits per heavy atom. The zero-order chi connectivity index (χ0) is 15.1. The number of hydrogen-bond acceptors (Lipinski definition) is 4. The van der Waals surface area contributed by atoms with Gasteiger partial charge in [-0.05, 0) is 18.2 Å². The van der Waals surface area contributed by atoms with Gasteiger partial charge in [-0.3, -0.25) is 4.79 Å². The zero-order valence-corrected chi connectivity index (χ0v) is 12.4. The molecule has 1 aromatic rings. The molecule has 0 aromatic heterocycles. The summed E-state index contributed by atoms with van der Waals surface area (Å²) < 4.78 is 39.4. The van der Waals surface area contributed by atoms with E-state index in [0.29, 0.717) is 8.78 Å². The van der Waals surface area contributed by atoms with Crippen LogP contribution in [0.4, 0.5) is 4.39 Å². The van der Waals surface area contributed by atoms with Gasteiger partial charge in [0.1, 0.15) is 16.8 Å². The molecule has 1 aromatic carbocycles. The van der Waals surface area contributed by atoms with Crippen molar-refractivity contribution in [2.75, 3.05) is 6.54 Å². The van der Waals surface area contributed by atoms with Crippen LogP contribution in [-0.4, -0.2) is 47.6 Å². The van der Waals surface area contributed by atoms with E-state index in [1.54, 1.807) is 0 Å². The molecule has 0 spiro atoms. The smallest absolute Gasteiger partial charge is 0.322 e. The number of nitrogens with zero attached hydrogens (tertiary/aromatic N) is 1. The molecule has 0 amide bonds. The van der Waals surface area contributed by atoms with Crippen molar-refractivity contribution < 1.29 is 27.8 Å². The molecule has 2 N–H and O–H groups in total. The lowest BCUT2D eigenvalue weighted by molar-refractivity contribution is -0.140. The molecule has 110 valence electrons. The first-order valence-corrected chi connectivity index (χ1v) is 7.84. The molecule has 20 heavy (non-hydrogen) atoms. The molecule has 2 rings (SSSR count). The van der Waals surface area contributed by atoms with Gasteiger partial charge >= 0.3 is 5.97 Å². The van der Waals surface area contributed by atoms with Gasteiger partial charge in [0.15, 0.2) is 0 Å². The third kappa shape index (κ3) is 2.71. The van der Waals surface area contributed by atoms with Crippen LogP contribution in [0.5, 0.6) is 0 Å². The summed E-state index contributed by atoms with van der Waals surface area (Å²) in [6.45, 7) is -0.366. The molecule has 0 aliphatic carbocycles. The number of carboxylic acid groups (broad SMARTS) is 1. The summed E-state index contributed by atoms with van der Waals surface area (Å²) in [5.41, 5.74) is 0. The fourth-order valence-corrected chi connectivity index (χ4v) is 4.10. The summed E-state index contributed by atoms with van der Waals surface area (Å²) in [7, 11) is -4.32. The van der Waals surface area contributed by atoms with E-state index in [1.807, 2.05) is 0 Å². The normalized spacial score (nSPS) is 23.9. The Bertz CT molecular complexity index is 650. The standard InChI is InChI=1S/C11H11BrFNO5S/c12-6-1-2-10(8(13)3-6)20(18,19)14-5-7(15)4-9(14)11(16)17/h1-3,7,9,15H,4-5H2,(H,16,17)/t7-,9-/m1/s1. The lowest BCUT2D eigenvalue weighted by Gasteiger charge is -2.21. The number of hydrogen-bond donors (Lipinski definition) is 2. The third-order valence-corrected chi connectivity index (χ3v) is 5.40. The van der Waals surface area contributed by atoms with Crippen molar-refractivity contribution in [3.05, 3.63) is 28.5 Å². The maximum Gasteiger partial charge on any atom is 0.322 e.